The van der Waals surface area contributed by atoms with E-state index in [0.717, 1.165) is 0 Å². The normalized spacial score (nSPS) is 15.0. The molecule has 8 nitrogen and oxygen atoms in total. The molecule has 1 aliphatic rings. The molecule has 0 aliphatic carbocycles. The largest absolute Gasteiger partial charge is 0.465 e. The summed E-state index contributed by atoms with van der Waals surface area (Å²) in [6.07, 6.45) is 0. The van der Waals surface area contributed by atoms with Gasteiger partial charge in [-0.1, -0.05) is 6.07 Å². The Hall–Kier alpha value is -2.75. The smallest absolute Gasteiger partial charge is 0.337 e. The van der Waals surface area contributed by atoms with Gasteiger partial charge in [-0.2, -0.15) is 4.31 Å². The fraction of sp³-hybridized carbons (Fsp3) is 0.263. The molecular weight excluding hydrogens is 384 g/mol. The van der Waals surface area contributed by atoms with E-state index in [1.54, 1.807) is 18.2 Å². The third-order valence-corrected chi connectivity index (χ3v) is 6.18. The summed E-state index contributed by atoms with van der Waals surface area (Å²) in [5, 5.41) is 2.68. The third kappa shape index (κ3) is 4.38. The summed E-state index contributed by atoms with van der Waals surface area (Å²) in [6.45, 7) is 1.38. The zero-order valence-corrected chi connectivity index (χ0v) is 16.1. The summed E-state index contributed by atoms with van der Waals surface area (Å²) < 4.78 is 36.4. The maximum atomic E-state index is 12.6. The number of carbonyl (C=O) groups excluding carboxylic acids is 2. The second-order valence-electron chi connectivity index (χ2n) is 6.07. The summed E-state index contributed by atoms with van der Waals surface area (Å²) in [7, 11) is -2.32. The summed E-state index contributed by atoms with van der Waals surface area (Å²) >= 11 is 0. The first kappa shape index (κ1) is 20.0. The highest BCUT2D eigenvalue weighted by Crippen LogP contribution is 2.20. The number of ether oxygens (including phenoxy) is 2. The number of nitrogens with one attached hydrogen (secondary N) is 1. The summed E-state index contributed by atoms with van der Waals surface area (Å²) in [6, 6.07) is 12.1. The van der Waals surface area contributed by atoms with Crippen LogP contribution in [0.25, 0.3) is 0 Å². The molecule has 9 heteroatoms. The summed E-state index contributed by atoms with van der Waals surface area (Å²) in [5.41, 5.74) is 0.990. The van der Waals surface area contributed by atoms with Gasteiger partial charge in [0.1, 0.15) is 0 Å². The van der Waals surface area contributed by atoms with Crippen LogP contribution in [0.5, 0.6) is 0 Å². The number of methoxy groups -OCH3 is 1. The number of hydrogen-bond donors (Lipinski definition) is 1. The van der Waals surface area contributed by atoms with E-state index in [4.69, 9.17) is 4.74 Å². The highest BCUT2D eigenvalue weighted by atomic mass is 32.2. The highest BCUT2D eigenvalue weighted by Gasteiger charge is 2.26. The fourth-order valence-corrected chi connectivity index (χ4v) is 4.16. The van der Waals surface area contributed by atoms with E-state index in [1.807, 2.05) is 0 Å². The third-order valence-electron chi connectivity index (χ3n) is 4.27. The predicted octanol–water partition coefficient (Wildman–Crippen LogP) is 1.75. The van der Waals surface area contributed by atoms with Gasteiger partial charge in [0.25, 0.3) is 5.91 Å². The number of morpholine rings is 1. The van der Waals surface area contributed by atoms with Gasteiger partial charge < -0.3 is 14.8 Å². The van der Waals surface area contributed by atoms with Crippen LogP contribution < -0.4 is 5.32 Å². The maximum Gasteiger partial charge on any atom is 0.337 e. The first-order chi connectivity index (χ1) is 13.4. The van der Waals surface area contributed by atoms with Crippen molar-refractivity contribution in [2.75, 3.05) is 38.7 Å². The van der Waals surface area contributed by atoms with Crippen molar-refractivity contribution < 1.29 is 27.5 Å². The van der Waals surface area contributed by atoms with E-state index >= 15 is 0 Å². The number of esters is 1. The Morgan fingerprint density at radius 3 is 2.32 bits per heavy atom. The topological polar surface area (TPSA) is 102 Å². The van der Waals surface area contributed by atoms with Crippen LogP contribution in [0.15, 0.2) is 53.4 Å². The van der Waals surface area contributed by atoms with Gasteiger partial charge in [-0.3, -0.25) is 4.79 Å². The number of hydrogen-bond acceptors (Lipinski definition) is 6. The number of anilines is 1. The molecule has 28 heavy (non-hydrogen) atoms. The molecule has 0 bridgehead atoms. The van der Waals surface area contributed by atoms with Gasteiger partial charge in [0.05, 0.1) is 30.8 Å². The number of nitrogens with zero attached hydrogens (tertiary/aromatic N) is 1. The SMILES string of the molecule is COC(=O)c1cccc(C(=O)Nc2ccc(S(=O)(=O)N3CCOCC3)cc2)c1. The van der Waals surface area contributed by atoms with Crippen LogP contribution in [0.4, 0.5) is 5.69 Å². The van der Waals surface area contributed by atoms with Crippen LogP contribution in [0.3, 0.4) is 0 Å². The number of amides is 1. The van der Waals surface area contributed by atoms with E-state index in [2.05, 4.69) is 10.1 Å². The van der Waals surface area contributed by atoms with E-state index in [-0.39, 0.29) is 16.0 Å². The Bertz CT molecular complexity index is 966. The molecule has 0 spiro atoms. The lowest BCUT2D eigenvalue weighted by Crippen LogP contribution is -2.40. The second kappa shape index (κ2) is 8.51. The molecule has 0 unspecified atom stereocenters. The van der Waals surface area contributed by atoms with Gasteiger partial charge in [0, 0.05) is 24.3 Å². The van der Waals surface area contributed by atoms with E-state index < -0.39 is 21.9 Å². The number of carbonyl (C=O) groups is 2. The molecule has 3 rings (SSSR count). The quantitative estimate of drug-likeness (QED) is 0.762. The van der Waals surface area contributed by atoms with Crippen molar-refractivity contribution >= 4 is 27.6 Å². The molecule has 1 heterocycles. The molecule has 0 radical (unpaired) electrons. The monoisotopic (exact) mass is 404 g/mol. The van der Waals surface area contributed by atoms with Crippen molar-refractivity contribution in [2.24, 2.45) is 0 Å². The van der Waals surface area contributed by atoms with Crippen molar-refractivity contribution in [2.45, 2.75) is 4.90 Å². The lowest BCUT2D eigenvalue weighted by molar-refractivity contribution is 0.0600. The number of sulfonamides is 1. The lowest BCUT2D eigenvalue weighted by atomic mass is 10.1. The molecule has 2 aromatic rings. The van der Waals surface area contributed by atoms with Crippen LogP contribution in [0, 0.1) is 0 Å². The summed E-state index contributed by atoms with van der Waals surface area (Å²) in [5.74, 6) is -0.957. The van der Waals surface area contributed by atoms with Crippen LogP contribution >= 0.6 is 0 Å². The number of benzene rings is 2. The van der Waals surface area contributed by atoms with E-state index in [1.165, 1.54) is 41.7 Å². The molecule has 1 N–H and O–H groups in total. The predicted molar refractivity (Wildman–Crippen MR) is 102 cm³/mol. The Balaban J connectivity index is 1.72. The minimum Gasteiger partial charge on any atom is -0.465 e. The second-order valence-corrected chi connectivity index (χ2v) is 8.01. The van der Waals surface area contributed by atoms with Crippen LogP contribution in [0.1, 0.15) is 20.7 Å². The Morgan fingerprint density at radius 1 is 1.04 bits per heavy atom. The average molecular weight is 404 g/mol. The maximum absolute atomic E-state index is 12.6. The Kier molecular flexibility index (Phi) is 6.08. The zero-order chi connectivity index (χ0) is 20.1. The highest BCUT2D eigenvalue weighted by molar-refractivity contribution is 7.89. The zero-order valence-electron chi connectivity index (χ0n) is 15.3. The van der Waals surface area contributed by atoms with Gasteiger partial charge in [-0.05, 0) is 42.5 Å². The van der Waals surface area contributed by atoms with Crippen molar-refractivity contribution in [3.8, 4) is 0 Å². The standard InChI is InChI=1S/C19H20N2O6S/c1-26-19(23)15-4-2-3-14(13-15)18(22)20-16-5-7-17(8-6-16)28(24,25)21-9-11-27-12-10-21/h2-8,13H,9-12H2,1H3,(H,20,22). The molecular formula is C19H20N2O6S. The summed E-state index contributed by atoms with van der Waals surface area (Å²) in [4.78, 5) is 24.1. The number of rotatable bonds is 5. The van der Waals surface area contributed by atoms with Crippen LogP contribution in [-0.4, -0.2) is 58.0 Å². The molecule has 0 atom stereocenters. The van der Waals surface area contributed by atoms with Gasteiger partial charge in [-0.15, -0.1) is 0 Å². The van der Waals surface area contributed by atoms with Gasteiger partial charge in [0.2, 0.25) is 10.0 Å². The van der Waals surface area contributed by atoms with Crippen molar-refractivity contribution in [1.82, 2.24) is 4.31 Å². The molecule has 148 valence electrons. The minimum atomic E-state index is -3.59. The first-order valence-corrected chi connectivity index (χ1v) is 10.0. The van der Waals surface area contributed by atoms with Gasteiger partial charge >= 0.3 is 5.97 Å². The van der Waals surface area contributed by atoms with E-state index in [0.29, 0.717) is 32.0 Å². The van der Waals surface area contributed by atoms with Gasteiger partial charge in [0.15, 0.2) is 0 Å². The van der Waals surface area contributed by atoms with Crippen molar-refractivity contribution in [3.63, 3.8) is 0 Å². The molecule has 1 saturated heterocycles. The van der Waals surface area contributed by atoms with Crippen molar-refractivity contribution in [1.29, 1.82) is 0 Å². The van der Waals surface area contributed by atoms with Crippen LogP contribution in [-0.2, 0) is 19.5 Å². The van der Waals surface area contributed by atoms with Crippen LogP contribution in [0.2, 0.25) is 0 Å². The minimum absolute atomic E-state index is 0.153. The molecule has 0 aromatic heterocycles. The Labute approximate surface area is 163 Å². The van der Waals surface area contributed by atoms with E-state index in [9.17, 15) is 18.0 Å². The lowest BCUT2D eigenvalue weighted by Gasteiger charge is -2.26. The fourth-order valence-electron chi connectivity index (χ4n) is 2.75. The van der Waals surface area contributed by atoms with Gasteiger partial charge in [-0.25, -0.2) is 13.2 Å². The first-order valence-electron chi connectivity index (χ1n) is 8.59. The molecule has 2 aromatic carbocycles. The molecule has 0 saturated carbocycles. The van der Waals surface area contributed by atoms with Crippen molar-refractivity contribution in [3.05, 3.63) is 59.7 Å². The molecule has 1 amide bonds. The Morgan fingerprint density at radius 2 is 1.68 bits per heavy atom. The molecule has 1 fully saturated rings. The average Bonchev–Trinajstić information content (AvgIpc) is 2.74. The molecule has 1 aliphatic heterocycles.